The van der Waals surface area contributed by atoms with Gasteiger partial charge in [0.15, 0.2) is 10.9 Å². The maximum atomic E-state index is 12.1. The minimum atomic E-state index is 0.0895. The lowest BCUT2D eigenvalue weighted by molar-refractivity contribution is 0.102. The molecule has 0 saturated heterocycles. The highest BCUT2D eigenvalue weighted by atomic mass is 35.5. The molecular weight excluding hydrogens is 324 g/mol. The third-order valence-corrected chi connectivity index (χ3v) is 5.36. The molecule has 0 fully saturated rings. The van der Waals surface area contributed by atoms with Crippen molar-refractivity contribution in [2.45, 2.75) is 18.6 Å². The summed E-state index contributed by atoms with van der Waals surface area (Å²) in [5.41, 5.74) is 2.07. The number of halogens is 1. The van der Waals surface area contributed by atoms with Gasteiger partial charge in [-0.2, -0.15) is 0 Å². The molecule has 0 unspecified atom stereocenters. The van der Waals surface area contributed by atoms with E-state index in [9.17, 15) is 4.79 Å². The van der Waals surface area contributed by atoms with Crippen LogP contribution in [0, 0.1) is 0 Å². The molecule has 0 bridgehead atoms. The Bertz CT molecular complexity index is 794. The second-order valence-corrected chi connectivity index (χ2v) is 7.10. The first-order valence-electron chi connectivity index (χ1n) is 6.55. The number of thioether (sulfide) groups is 1. The van der Waals surface area contributed by atoms with Crippen LogP contribution in [0.2, 0.25) is 4.34 Å². The number of rotatable bonds is 5. The van der Waals surface area contributed by atoms with E-state index in [1.807, 2.05) is 18.2 Å². The Morgan fingerprint density at radius 1 is 1.33 bits per heavy atom. The van der Waals surface area contributed by atoms with Gasteiger partial charge in [0.25, 0.3) is 0 Å². The standard InChI is InChI=1S/C15H13ClN2OS2/c1-2-18-11-6-4-3-5-10(11)17-15(18)20-9-12(19)13-7-8-14(16)21-13/h3-8H,2,9H2,1H3. The lowest BCUT2D eigenvalue weighted by Gasteiger charge is -2.04. The van der Waals surface area contributed by atoms with Crippen molar-refractivity contribution in [2.24, 2.45) is 0 Å². The molecule has 3 rings (SSSR count). The number of imidazole rings is 1. The van der Waals surface area contributed by atoms with Gasteiger partial charge in [-0.25, -0.2) is 4.98 Å². The van der Waals surface area contributed by atoms with Gasteiger partial charge in [-0.05, 0) is 31.2 Å². The number of aryl methyl sites for hydroxylation is 1. The SMILES string of the molecule is CCn1c(SCC(=O)c2ccc(Cl)s2)nc2ccccc21. The fraction of sp³-hybridized carbons (Fsp3) is 0.200. The first-order chi connectivity index (χ1) is 10.2. The summed E-state index contributed by atoms with van der Waals surface area (Å²) < 4.78 is 2.78. The molecule has 0 aliphatic carbocycles. The fourth-order valence-corrected chi connectivity index (χ4v) is 4.17. The maximum absolute atomic E-state index is 12.1. The van der Waals surface area contributed by atoms with Gasteiger partial charge in [-0.1, -0.05) is 35.5 Å². The highest BCUT2D eigenvalue weighted by molar-refractivity contribution is 7.99. The summed E-state index contributed by atoms with van der Waals surface area (Å²) >= 11 is 8.66. The predicted octanol–water partition coefficient (Wildman–Crippen LogP) is 4.75. The first kappa shape index (κ1) is 14.6. The van der Waals surface area contributed by atoms with E-state index in [-0.39, 0.29) is 5.78 Å². The number of nitrogens with zero attached hydrogens (tertiary/aromatic N) is 2. The molecule has 0 aliphatic rings. The zero-order chi connectivity index (χ0) is 14.8. The molecule has 0 N–H and O–H groups in total. The van der Waals surface area contributed by atoms with Crippen LogP contribution in [-0.2, 0) is 6.54 Å². The molecule has 0 saturated carbocycles. The largest absolute Gasteiger partial charge is 0.319 e. The molecule has 2 aromatic heterocycles. The number of carbonyl (C=O) groups excluding carboxylic acids is 1. The van der Waals surface area contributed by atoms with Crippen molar-refractivity contribution < 1.29 is 4.79 Å². The summed E-state index contributed by atoms with van der Waals surface area (Å²) in [5.74, 6) is 0.465. The van der Waals surface area contributed by atoms with Crippen molar-refractivity contribution in [3.63, 3.8) is 0 Å². The Labute approximate surface area is 135 Å². The van der Waals surface area contributed by atoms with Crippen molar-refractivity contribution in [1.29, 1.82) is 0 Å². The van der Waals surface area contributed by atoms with E-state index in [1.54, 1.807) is 12.1 Å². The number of hydrogen-bond acceptors (Lipinski definition) is 4. The molecule has 0 radical (unpaired) electrons. The molecule has 2 heterocycles. The van der Waals surface area contributed by atoms with Crippen LogP contribution >= 0.6 is 34.7 Å². The van der Waals surface area contributed by atoms with Gasteiger partial charge < -0.3 is 4.57 Å². The van der Waals surface area contributed by atoms with Crippen molar-refractivity contribution in [3.8, 4) is 0 Å². The fourth-order valence-electron chi connectivity index (χ4n) is 2.13. The summed E-state index contributed by atoms with van der Waals surface area (Å²) in [6, 6.07) is 11.6. The van der Waals surface area contributed by atoms with Crippen molar-refractivity contribution in [2.75, 3.05) is 5.75 Å². The Balaban J connectivity index is 1.80. The number of thiophene rings is 1. The number of Topliss-reactive ketones (excluding diaryl/α,β-unsaturated/α-hetero) is 1. The topological polar surface area (TPSA) is 34.9 Å². The van der Waals surface area contributed by atoms with Crippen LogP contribution < -0.4 is 0 Å². The van der Waals surface area contributed by atoms with Crippen LogP contribution in [0.15, 0.2) is 41.6 Å². The second kappa shape index (κ2) is 6.22. The van der Waals surface area contributed by atoms with Crippen LogP contribution in [0.4, 0.5) is 0 Å². The molecule has 1 aromatic carbocycles. The van der Waals surface area contributed by atoms with E-state index in [2.05, 4.69) is 22.5 Å². The normalized spacial score (nSPS) is 11.1. The van der Waals surface area contributed by atoms with Gasteiger partial charge in [-0.15, -0.1) is 11.3 Å². The summed E-state index contributed by atoms with van der Waals surface area (Å²) in [7, 11) is 0. The highest BCUT2D eigenvalue weighted by Gasteiger charge is 2.14. The quantitative estimate of drug-likeness (QED) is 0.498. The van der Waals surface area contributed by atoms with Crippen LogP contribution in [0.3, 0.4) is 0 Å². The maximum Gasteiger partial charge on any atom is 0.183 e. The van der Waals surface area contributed by atoms with Gasteiger partial charge in [0.2, 0.25) is 0 Å². The Morgan fingerprint density at radius 2 is 2.14 bits per heavy atom. The minimum absolute atomic E-state index is 0.0895. The van der Waals surface area contributed by atoms with E-state index >= 15 is 0 Å². The lowest BCUT2D eigenvalue weighted by atomic mass is 10.3. The molecule has 0 aliphatic heterocycles. The Kier molecular flexibility index (Phi) is 4.33. The molecule has 3 nitrogen and oxygen atoms in total. The second-order valence-electron chi connectivity index (χ2n) is 4.44. The minimum Gasteiger partial charge on any atom is -0.319 e. The first-order valence-corrected chi connectivity index (χ1v) is 8.73. The zero-order valence-electron chi connectivity index (χ0n) is 11.4. The van der Waals surface area contributed by atoms with E-state index < -0.39 is 0 Å². The number of hydrogen-bond donors (Lipinski definition) is 0. The number of aromatic nitrogens is 2. The summed E-state index contributed by atoms with van der Waals surface area (Å²) in [4.78, 5) is 17.4. The molecule has 3 aromatic rings. The van der Waals surface area contributed by atoms with Gasteiger partial charge >= 0.3 is 0 Å². The lowest BCUT2D eigenvalue weighted by Crippen LogP contribution is -2.02. The molecule has 108 valence electrons. The predicted molar refractivity (Wildman–Crippen MR) is 89.8 cm³/mol. The van der Waals surface area contributed by atoms with E-state index in [4.69, 9.17) is 11.6 Å². The molecular formula is C15H13ClN2OS2. The average Bonchev–Trinajstić information content (AvgIpc) is 3.07. The van der Waals surface area contributed by atoms with Gasteiger partial charge in [0.05, 0.1) is 26.0 Å². The Morgan fingerprint density at radius 3 is 2.86 bits per heavy atom. The molecule has 0 amide bonds. The molecule has 21 heavy (non-hydrogen) atoms. The summed E-state index contributed by atoms with van der Waals surface area (Å²) in [5, 5.41) is 0.884. The Hall–Kier alpha value is -1.30. The highest BCUT2D eigenvalue weighted by Crippen LogP contribution is 2.27. The van der Waals surface area contributed by atoms with Gasteiger partial charge in [0, 0.05) is 6.54 Å². The van der Waals surface area contributed by atoms with Crippen LogP contribution in [0.25, 0.3) is 11.0 Å². The van der Waals surface area contributed by atoms with Crippen molar-refractivity contribution >= 4 is 51.5 Å². The molecule has 0 atom stereocenters. The number of fused-ring (bicyclic) bond motifs is 1. The van der Waals surface area contributed by atoms with E-state index in [0.717, 1.165) is 22.7 Å². The van der Waals surface area contributed by atoms with E-state index in [1.165, 1.54) is 23.1 Å². The zero-order valence-corrected chi connectivity index (χ0v) is 13.8. The van der Waals surface area contributed by atoms with Crippen LogP contribution in [0.5, 0.6) is 0 Å². The number of ketones is 1. The number of para-hydroxylation sites is 2. The summed E-state index contributed by atoms with van der Waals surface area (Å²) in [6.45, 7) is 2.92. The smallest absolute Gasteiger partial charge is 0.183 e. The van der Waals surface area contributed by atoms with Crippen LogP contribution in [0.1, 0.15) is 16.6 Å². The third-order valence-electron chi connectivity index (χ3n) is 3.12. The number of benzene rings is 1. The van der Waals surface area contributed by atoms with E-state index in [0.29, 0.717) is 15.0 Å². The monoisotopic (exact) mass is 336 g/mol. The number of carbonyl (C=O) groups is 1. The summed E-state index contributed by atoms with van der Waals surface area (Å²) in [6.07, 6.45) is 0. The van der Waals surface area contributed by atoms with Crippen LogP contribution in [-0.4, -0.2) is 21.1 Å². The van der Waals surface area contributed by atoms with Gasteiger partial charge in [0.1, 0.15) is 0 Å². The average molecular weight is 337 g/mol. The van der Waals surface area contributed by atoms with Crippen molar-refractivity contribution in [3.05, 3.63) is 45.6 Å². The molecule has 6 heteroatoms. The van der Waals surface area contributed by atoms with Gasteiger partial charge in [-0.3, -0.25) is 4.79 Å². The molecule has 0 spiro atoms. The van der Waals surface area contributed by atoms with Crippen molar-refractivity contribution in [1.82, 2.24) is 9.55 Å². The third kappa shape index (κ3) is 3.00.